The van der Waals surface area contributed by atoms with Crippen LogP contribution in [0.1, 0.15) is 25.8 Å². The fourth-order valence-corrected chi connectivity index (χ4v) is 3.58. The van der Waals surface area contributed by atoms with Gasteiger partial charge in [0.05, 0.1) is 5.92 Å². The maximum atomic E-state index is 12.8. The molecule has 2 aliphatic rings. The summed E-state index contributed by atoms with van der Waals surface area (Å²) in [6.07, 6.45) is 1.21. The highest BCUT2D eigenvalue weighted by atomic mass is 16.2. The summed E-state index contributed by atoms with van der Waals surface area (Å²) in [5.41, 5.74) is 2.12. The molecule has 1 aromatic carbocycles. The van der Waals surface area contributed by atoms with Gasteiger partial charge in [0.15, 0.2) is 0 Å². The number of hydrogen-bond acceptors (Lipinski definition) is 3. The normalized spacial score (nSPS) is 25.0. The molecule has 0 bridgehead atoms. The van der Waals surface area contributed by atoms with Crippen molar-refractivity contribution in [3.05, 3.63) is 29.8 Å². The Morgan fingerprint density at radius 2 is 2.13 bits per heavy atom. The molecule has 2 fully saturated rings. The molecule has 23 heavy (non-hydrogen) atoms. The van der Waals surface area contributed by atoms with Gasteiger partial charge in [0.2, 0.25) is 11.8 Å². The summed E-state index contributed by atoms with van der Waals surface area (Å²) in [6.45, 7) is 7.05. The third-order valence-corrected chi connectivity index (χ3v) is 4.92. The van der Waals surface area contributed by atoms with E-state index in [4.69, 9.17) is 0 Å². The number of carbonyl (C=O) groups is 2. The van der Waals surface area contributed by atoms with Crippen LogP contribution in [-0.2, 0) is 16.0 Å². The number of para-hydroxylation sites is 1. The smallest absolute Gasteiger partial charge is 0.228 e. The van der Waals surface area contributed by atoms with Crippen LogP contribution in [0.2, 0.25) is 0 Å². The number of rotatable bonds is 3. The summed E-state index contributed by atoms with van der Waals surface area (Å²) < 4.78 is 0. The first-order valence-electron chi connectivity index (χ1n) is 8.51. The lowest BCUT2D eigenvalue weighted by Crippen LogP contribution is -2.54. The minimum Gasteiger partial charge on any atom is -0.337 e. The van der Waals surface area contributed by atoms with Crippen molar-refractivity contribution in [2.75, 3.05) is 31.1 Å². The number of piperazine rings is 1. The molecular formula is C18H25N3O2. The number of nitrogens with one attached hydrogen (secondary N) is 1. The number of carbonyl (C=O) groups excluding carboxylic acids is 2. The lowest BCUT2D eigenvalue weighted by atomic mass is 10.0. The number of anilines is 1. The van der Waals surface area contributed by atoms with Gasteiger partial charge in [-0.25, -0.2) is 0 Å². The third-order valence-electron chi connectivity index (χ3n) is 4.92. The summed E-state index contributed by atoms with van der Waals surface area (Å²) >= 11 is 0. The average Bonchev–Trinajstić information content (AvgIpc) is 2.96. The second-order valence-corrected chi connectivity index (χ2v) is 6.47. The monoisotopic (exact) mass is 315 g/mol. The van der Waals surface area contributed by atoms with Crippen LogP contribution in [0.4, 0.5) is 5.69 Å². The molecule has 1 unspecified atom stereocenters. The largest absolute Gasteiger partial charge is 0.337 e. The van der Waals surface area contributed by atoms with Gasteiger partial charge in [0.25, 0.3) is 0 Å². The molecule has 0 aliphatic carbocycles. The standard InChI is InChI=1S/C18H25N3O2/c1-3-14-6-4-5-7-16(14)21-12-15(10-17(21)22)18(23)20-9-8-19-11-13(20)2/h4-7,13,15,19H,3,8-12H2,1-2H3/t13-,15?/m0/s1. The SMILES string of the molecule is CCc1ccccc1N1CC(C(=O)N2CCNC[C@@H]2C)CC1=O. The fraction of sp³-hybridized carbons (Fsp3) is 0.556. The van der Waals surface area contributed by atoms with Crippen LogP contribution >= 0.6 is 0 Å². The maximum Gasteiger partial charge on any atom is 0.228 e. The van der Waals surface area contributed by atoms with E-state index < -0.39 is 0 Å². The molecule has 2 aliphatic heterocycles. The van der Waals surface area contributed by atoms with Gasteiger partial charge in [-0.2, -0.15) is 0 Å². The van der Waals surface area contributed by atoms with E-state index >= 15 is 0 Å². The Hall–Kier alpha value is -1.88. The minimum atomic E-state index is -0.215. The average molecular weight is 315 g/mol. The molecule has 1 N–H and O–H groups in total. The Kier molecular flexibility index (Phi) is 4.66. The molecule has 0 aromatic heterocycles. The van der Waals surface area contributed by atoms with Crippen LogP contribution in [0.3, 0.4) is 0 Å². The van der Waals surface area contributed by atoms with Crippen LogP contribution in [-0.4, -0.2) is 48.9 Å². The summed E-state index contributed by atoms with van der Waals surface area (Å²) in [5.74, 6) is -0.0242. The summed E-state index contributed by atoms with van der Waals surface area (Å²) in [4.78, 5) is 29.0. The zero-order chi connectivity index (χ0) is 16.4. The van der Waals surface area contributed by atoms with E-state index in [1.807, 2.05) is 23.1 Å². The zero-order valence-corrected chi connectivity index (χ0v) is 13.9. The van der Waals surface area contributed by atoms with E-state index in [-0.39, 0.29) is 23.8 Å². The Labute approximate surface area is 137 Å². The first kappa shape index (κ1) is 16.0. The highest BCUT2D eigenvalue weighted by Gasteiger charge is 2.39. The van der Waals surface area contributed by atoms with Gasteiger partial charge >= 0.3 is 0 Å². The minimum absolute atomic E-state index is 0.0621. The van der Waals surface area contributed by atoms with Crippen molar-refractivity contribution >= 4 is 17.5 Å². The highest BCUT2D eigenvalue weighted by molar-refractivity contribution is 6.00. The highest BCUT2D eigenvalue weighted by Crippen LogP contribution is 2.29. The second kappa shape index (κ2) is 6.71. The van der Waals surface area contributed by atoms with Gasteiger partial charge in [-0.15, -0.1) is 0 Å². The predicted octanol–water partition coefficient (Wildman–Crippen LogP) is 1.42. The van der Waals surface area contributed by atoms with Gasteiger partial charge in [-0.05, 0) is 25.0 Å². The molecule has 2 amide bonds. The van der Waals surface area contributed by atoms with Crippen LogP contribution < -0.4 is 10.2 Å². The zero-order valence-electron chi connectivity index (χ0n) is 13.9. The molecule has 5 nitrogen and oxygen atoms in total. The lowest BCUT2D eigenvalue weighted by molar-refractivity contribution is -0.138. The van der Waals surface area contributed by atoms with Crippen molar-refractivity contribution in [3.63, 3.8) is 0 Å². The van der Waals surface area contributed by atoms with Crippen LogP contribution in [0.15, 0.2) is 24.3 Å². The quantitative estimate of drug-likeness (QED) is 0.918. The van der Waals surface area contributed by atoms with Crippen molar-refractivity contribution < 1.29 is 9.59 Å². The number of benzene rings is 1. The van der Waals surface area contributed by atoms with Gasteiger partial charge < -0.3 is 15.1 Å². The fourth-order valence-electron chi connectivity index (χ4n) is 3.58. The molecule has 0 saturated carbocycles. The molecule has 0 radical (unpaired) electrons. The van der Waals surface area contributed by atoms with Gasteiger partial charge in [0.1, 0.15) is 0 Å². The maximum absolute atomic E-state index is 12.8. The van der Waals surface area contributed by atoms with Gasteiger partial charge in [0, 0.05) is 44.3 Å². The molecule has 0 spiro atoms. The Morgan fingerprint density at radius 3 is 2.87 bits per heavy atom. The van der Waals surface area contributed by atoms with E-state index in [1.165, 1.54) is 0 Å². The Bertz CT molecular complexity index is 602. The number of hydrogen-bond donors (Lipinski definition) is 1. The van der Waals surface area contributed by atoms with Crippen molar-refractivity contribution in [1.29, 1.82) is 0 Å². The van der Waals surface area contributed by atoms with Crippen LogP contribution in [0, 0.1) is 5.92 Å². The van der Waals surface area contributed by atoms with Gasteiger partial charge in [-0.1, -0.05) is 25.1 Å². The Balaban J connectivity index is 1.75. The lowest BCUT2D eigenvalue weighted by Gasteiger charge is -2.35. The number of nitrogens with zero attached hydrogens (tertiary/aromatic N) is 2. The third kappa shape index (κ3) is 3.11. The van der Waals surface area contributed by atoms with Crippen molar-refractivity contribution in [3.8, 4) is 0 Å². The van der Waals surface area contributed by atoms with Crippen molar-refractivity contribution in [1.82, 2.24) is 10.2 Å². The molecule has 124 valence electrons. The molecule has 3 rings (SSSR count). The molecule has 1 aromatic rings. The van der Waals surface area contributed by atoms with Crippen LogP contribution in [0.5, 0.6) is 0 Å². The summed E-state index contributed by atoms with van der Waals surface area (Å²) in [5, 5.41) is 3.30. The summed E-state index contributed by atoms with van der Waals surface area (Å²) in [7, 11) is 0. The van der Waals surface area contributed by atoms with E-state index in [0.717, 1.165) is 37.3 Å². The van der Waals surface area contributed by atoms with Crippen LogP contribution in [0.25, 0.3) is 0 Å². The molecule has 2 heterocycles. The molecule has 2 atom stereocenters. The topological polar surface area (TPSA) is 52.7 Å². The first-order valence-corrected chi connectivity index (χ1v) is 8.51. The number of aryl methyl sites for hydroxylation is 1. The molecular weight excluding hydrogens is 290 g/mol. The van der Waals surface area contributed by atoms with E-state index in [2.05, 4.69) is 25.2 Å². The van der Waals surface area contributed by atoms with Crippen molar-refractivity contribution in [2.24, 2.45) is 5.92 Å². The predicted molar refractivity (Wildman–Crippen MR) is 90.3 cm³/mol. The molecule has 2 saturated heterocycles. The second-order valence-electron chi connectivity index (χ2n) is 6.47. The van der Waals surface area contributed by atoms with E-state index in [9.17, 15) is 9.59 Å². The van der Waals surface area contributed by atoms with E-state index in [1.54, 1.807) is 4.90 Å². The molecule has 5 heteroatoms. The van der Waals surface area contributed by atoms with Crippen molar-refractivity contribution in [2.45, 2.75) is 32.7 Å². The van der Waals surface area contributed by atoms with Gasteiger partial charge in [-0.3, -0.25) is 9.59 Å². The summed E-state index contributed by atoms with van der Waals surface area (Å²) in [6, 6.07) is 8.18. The Morgan fingerprint density at radius 1 is 1.35 bits per heavy atom. The first-order chi connectivity index (χ1) is 11.1. The van der Waals surface area contributed by atoms with E-state index in [0.29, 0.717) is 13.0 Å². The number of amides is 2.